The first-order valence-corrected chi connectivity index (χ1v) is 16.3. The summed E-state index contributed by atoms with van der Waals surface area (Å²) in [5.41, 5.74) is -0.380. The number of hydrogen-bond acceptors (Lipinski definition) is 8. The Morgan fingerprint density at radius 2 is 1.43 bits per heavy atom. The molecule has 0 aliphatic carbocycles. The van der Waals surface area contributed by atoms with Gasteiger partial charge in [0.05, 0.1) is 31.8 Å². The average Bonchev–Trinajstić information content (AvgIpc) is 3.61. The number of carbonyl (C=O) groups excluding carboxylic acids is 2. The highest BCUT2D eigenvalue weighted by atomic mass is 16.8. The SMILES string of the molecule is CCOC(=O)OC(OC(C(=O)OC1CC2CCC(C1)[N+]21CCCC1)(c1ccccc1)c1ccccc1)C1CCOCC1.CO. The lowest BCUT2D eigenvalue weighted by atomic mass is 9.85. The second kappa shape index (κ2) is 14.9. The molecule has 4 aliphatic rings. The molecule has 3 unspecified atom stereocenters. The van der Waals surface area contributed by atoms with Gasteiger partial charge in [0.15, 0.2) is 0 Å². The van der Waals surface area contributed by atoms with Gasteiger partial charge in [0.25, 0.3) is 0 Å². The highest BCUT2D eigenvalue weighted by Crippen LogP contribution is 2.47. The van der Waals surface area contributed by atoms with Crippen molar-refractivity contribution in [1.82, 2.24) is 0 Å². The summed E-state index contributed by atoms with van der Waals surface area (Å²) < 4.78 is 31.2. The Kier molecular flexibility index (Phi) is 11.0. The number of hydrogen-bond donors (Lipinski definition) is 1. The summed E-state index contributed by atoms with van der Waals surface area (Å²) in [5, 5.41) is 7.00. The Morgan fingerprint density at radius 3 is 1.95 bits per heavy atom. The van der Waals surface area contributed by atoms with Crippen LogP contribution in [0, 0.1) is 5.92 Å². The molecule has 0 saturated carbocycles. The number of carbonyl (C=O) groups is 2. The minimum atomic E-state index is -1.64. The Morgan fingerprint density at radius 1 is 0.886 bits per heavy atom. The molecule has 240 valence electrons. The van der Waals surface area contributed by atoms with Crippen LogP contribution in [0.5, 0.6) is 0 Å². The minimum Gasteiger partial charge on any atom is -0.459 e. The summed E-state index contributed by atoms with van der Waals surface area (Å²) in [6, 6.07) is 20.0. The van der Waals surface area contributed by atoms with Crippen LogP contribution in [0.2, 0.25) is 0 Å². The van der Waals surface area contributed by atoms with Crippen LogP contribution in [0.4, 0.5) is 4.79 Å². The van der Waals surface area contributed by atoms with E-state index < -0.39 is 24.0 Å². The molecule has 0 radical (unpaired) electrons. The predicted molar refractivity (Wildman–Crippen MR) is 163 cm³/mol. The molecule has 9 heteroatoms. The van der Waals surface area contributed by atoms with E-state index >= 15 is 0 Å². The van der Waals surface area contributed by atoms with Crippen LogP contribution < -0.4 is 0 Å². The largest absolute Gasteiger partial charge is 0.510 e. The molecule has 4 fully saturated rings. The fourth-order valence-corrected chi connectivity index (χ4v) is 8.10. The van der Waals surface area contributed by atoms with Crippen LogP contribution in [-0.2, 0) is 34.1 Å². The van der Waals surface area contributed by atoms with E-state index in [9.17, 15) is 9.59 Å². The third-order valence-electron chi connectivity index (χ3n) is 10.1. The molecule has 0 aromatic heterocycles. The van der Waals surface area contributed by atoms with Crippen LogP contribution in [0.25, 0.3) is 0 Å². The maximum Gasteiger partial charge on any atom is 0.510 e. The first-order valence-electron chi connectivity index (χ1n) is 16.3. The Balaban J connectivity index is 0.00000188. The Labute approximate surface area is 261 Å². The molecule has 4 aliphatic heterocycles. The fraction of sp³-hybridized carbons (Fsp3) is 0.600. The molecule has 4 heterocycles. The summed E-state index contributed by atoms with van der Waals surface area (Å²) >= 11 is 0. The third-order valence-corrected chi connectivity index (χ3v) is 10.1. The van der Waals surface area contributed by atoms with E-state index in [-0.39, 0.29) is 18.6 Å². The van der Waals surface area contributed by atoms with E-state index in [0.717, 1.165) is 20.0 Å². The molecule has 44 heavy (non-hydrogen) atoms. The van der Waals surface area contributed by atoms with Crippen LogP contribution in [0.3, 0.4) is 0 Å². The number of benzene rings is 2. The number of aliphatic hydroxyl groups excluding tert-OH is 1. The molecular weight excluding hydrogens is 562 g/mol. The number of rotatable bonds is 9. The van der Waals surface area contributed by atoms with Crippen LogP contribution >= 0.6 is 0 Å². The van der Waals surface area contributed by atoms with Crippen molar-refractivity contribution in [3.05, 3.63) is 71.8 Å². The van der Waals surface area contributed by atoms with Crippen LogP contribution in [0.1, 0.15) is 69.4 Å². The topological polar surface area (TPSA) is 101 Å². The lowest BCUT2D eigenvalue weighted by Crippen LogP contribution is -2.60. The summed E-state index contributed by atoms with van der Waals surface area (Å²) in [7, 11) is 1.00. The van der Waals surface area contributed by atoms with E-state index in [1.54, 1.807) is 6.92 Å². The number of aliphatic hydroxyl groups is 1. The van der Waals surface area contributed by atoms with Gasteiger partial charge in [0.1, 0.15) is 6.10 Å². The van der Waals surface area contributed by atoms with Gasteiger partial charge in [-0.3, -0.25) is 0 Å². The lowest BCUT2D eigenvalue weighted by Gasteiger charge is -2.47. The molecule has 3 atom stereocenters. The first kappa shape index (κ1) is 32.4. The first-order chi connectivity index (χ1) is 21.5. The van der Waals surface area contributed by atoms with Gasteiger partial charge >= 0.3 is 12.1 Å². The predicted octanol–water partition coefficient (Wildman–Crippen LogP) is 5.33. The van der Waals surface area contributed by atoms with E-state index in [0.29, 0.717) is 49.3 Å². The van der Waals surface area contributed by atoms with E-state index in [1.165, 1.54) is 43.3 Å². The van der Waals surface area contributed by atoms with Gasteiger partial charge in [-0.25, -0.2) is 9.59 Å². The van der Waals surface area contributed by atoms with E-state index in [4.69, 9.17) is 28.8 Å². The maximum atomic E-state index is 14.8. The second-order valence-corrected chi connectivity index (χ2v) is 12.3. The van der Waals surface area contributed by atoms with Gasteiger partial charge in [0.2, 0.25) is 11.9 Å². The molecular formula is C35H48NO8+. The van der Waals surface area contributed by atoms with Gasteiger partial charge in [-0.2, -0.15) is 0 Å². The fourth-order valence-electron chi connectivity index (χ4n) is 8.10. The summed E-state index contributed by atoms with van der Waals surface area (Å²) in [6.07, 6.45) is 5.98. The third kappa shape index (κ3) is 6.52. The van der Waals surface area contributed by atoms with Crippen molar-refractivity contribution in [2.75, 3.05) is 40.0 Å². The summed E-state index contributed by atoms with van der Waals surface area (Å²) in [4.78, 5) is 27.4. The molecule has 1 spiro atoms. The number of ether oxygens (including phenoxy) is 5. The molecule has 9 nitrogen and oxygen atoms in total. The van der Waals surface area contributed by atoms with Gasteiger partial charge in [-0.05, 0) is 30.9 Å². The van der Waals surface area contributed by atoms with Gasteiger partial charge < -0.3 is 33.3 Å². The maximum absolute atomic E-state index is 14.8. The molecule has 1 N–H and O–H groups in total. The van der Waals surface area contributed by atoms with Crippen molar-refractivity contribution in [2.45, 2.75) is 88.4 Å². The van der Waals surface area contributed by atoms with E-state index in [2.05, 4.69) is 0 Å². The molecule has 2 aromatic rings. The quantitative estimate of drug-likeness (QED) is 0.231. The Hall–Kier alpha value is -2.98. The zero-order valence-corrected chi connectivity index (χ0v) is 26.1. The molecule has 6 rings (SSSR count). The minimum absolute atomic E-state index is 0.173. The van der Waals surface area contributed by atoms with Crippen molar-refractivity contribution in [3.8, 4) is 0 Å². The Bertz CT molecular complexity index is 1140. The average molecular weight is 611 g/mol. The van der Waals surface area contributed by atoms with Crippen molar-refractivity contribution < 1.29 is 42.9 Å². The molecule has 4 saturated heterocycles. The zero-order chi connectivity index (χ0) is 31.0. The highest BCUT2D eigenvalue weighted by Gasteiger charge is 2.57. The van der Waals surface area contributed by atoms with Crippen LogP contribution in [-0.4, -0.2) is 86.2 Å². The number of esters is 1. The monoisotopic (exact) mass is 610 g/mol. The van der Waals surface area contributed by atoms with Gasteiger partial charge in [0, 0.05) is 64.8 Å². The van der Waals surface area contributed by atoms with Crippen molar-refractivity contribution in [2.24, 2.45) is 5.92 Å². The smallest absolute Gasteiger partial charge is 0.459 e. The molecule has 2 aromatic carbocycles. The lowest BCUT2D eigenvalue weighted by molar-refractivity contribution is -0.956. The summed E-state index contributed by atoms with van der Waals surface area (Å²) in [6.45, 7) is 5.47. The van der Waals surface area contributed by atoms with Crippen molar-refractivity contribution in [1.29, 1.82) is 0 Å². The zero-order valence-electron chi connectivity index (χ0n) is 26.1. The standard InChI is InChI=1S/C34H44NO7.CH4O/c1-2-39-33(37)41-31(25-17-21-38-22-18-25)42-34(26-11-5-3-6-12-26,27-13-7-4-8-14-27)32(36)40-30-23-28-15-16-29(24-30)35(28)19-9-10-20-35;1-2/h3-8,11-14,25,28-31H,2,9-10,15-24H2,1H3;2H,1H3/q+1;. The normalized spacial score (nSPS) is 25.0. The van der Waals surface area contributed by atoms with Crippen molar-refractivity contribution in [3.63, 3.8) is 0 Å². The second-order valence-electron chi connectivity index (χ2n) is 12.3. The number of piperidine rings is 1. The van der Waals surface area contributed by atoms with Crippen molar-refractivity contribution >= 4 is 12.1 Å². The van der Waals surface area contributed by atoms with Crippen LogP contribution in [0.15, 0.2) is 60.7 Å². The highest BCUT2D eigenvalue weighted by molar-refractivity contribution is 5.86. The van der Waals surface area contributed by atoms with E-state index in [1.807, 2.05) is 60.7 Å². The van der Waals surface area contributed by atoms with Gasteiger partial charge in [-0.15, -0.1) is 0 Å². The number of nitrogens with zero attached hydrogens (tertiary/aromatic N) is 1. The summed E-state index contributed by atoms with van der Waals surface area (Å²) in [5.74, 6) is -0.642. The molecule has 0 amide bonds. The molecule has 2 bridgehead atoms. The number of quaternary nitrogens is 1. The van der Waals surface area contributed by atoms with Gasteiger partial charge in [-0.1, -0.05) is 60.7 Å².